The fraction of sp³-hybridized carbons (Fsp3) is 0.405. The van der Waals surface area contributed by atoms with Crippen molar-refractivity contribution in [3.63, 3.8) is 0 Å². The number of hydrogen-bond acceptors (Lipinski definition) is 14. The maximum atomic E-state index is 6.00. The Balaban J connectivity index is 0.000000301. The van der Waals surface area contributed by atoms with Gasteiger partial charge in [0.05, 0.1) is 33.0 Å². The van der Waals surface area contributed by atoms with Crippen molar-refractivity contribution in [3.05, 3.63) is 289 Å². The fourth-order valence-corrected chi connectivity index (χ4v) is 29.6. The first-order chi connectivity index (χ1) is 62.7. The summed E-state index contributed by atoms with van der Waals surface area (Å²) in [6.45, 7) is 46.5. The summed E-state index contributed by atoms with van der Waals surface area (Å²) in [6, 6.07) is 96.3. The third-order valence-corrected chi connectivity index (χ3v) is 36.4. The molecule has 0 unspecified atom stereocenters. The number of nitrogens with two attached hydrogens (primary N) is 1. The van der Waals surface area contributed by atoms with Gasteiger partial charge in [-0.3, -0.25) is 0 Å². The van der Waals surface area contributed by atoms with Crippen LogP contribution in [0.15, 0.2) is 288 Å². The zero-order chi connectivity index (χ0) is 94.9. The molecule has 0 spiro atoms. The van der Waals surface area contributed by atoms with Gasteiger partial charge >= 0.3 is 293 Å². The average Bonchev–Trinajstić information content (AvgIpc) is 0.782. The molecule has 1 aliphatic rings. The number of nitrogen functional groups attached to an aromatic ring is 1. The molecule has 0 aromatic heterocycles. The number of halogens is 2. The zero-order valence-corrected chi connectivity index (χ0v) is 89.4. The summed E-state index contributed by atoms with van der Waals surface area (Å²) in [5.74, 6) is 9.98. The molecule has 1 heterocycles. The van der Waals surface area contributed by atoms with E-state index in [4.69, 9.17) is 43.6 Å². The molecule has 11 aromatic carbocycles. The Hall–Kier alpha value is -8.08. The van der Waals surface area contributed by atoms with Gasteiger partial charge < -0.3 is 44.0 Å². The van der Waals surface area contributed by atoms with Gasteiger partial charge in [-0.05, 0) is 207 Å². The van der Waals surface area contributed by atoms with Gasteiger partial charge in [0.2, 0.25) is 0 Å². The molecule has 0 bridgehead atoms. The van der Waals surface area contributed by atoms with Crippen LogP contribution in [0.2, 0.25) is 13.3 Å². The number of nitrogens with zero attached hydrogens (tertiary/aromatic N) is 4. The third-order valence-electron chi connectivity index (χ3n) is 20.2. The van der Waals surface area contributed by atoms with Gasteiger partial charge in [0, 0.05) is 57.5 Å². The summed E-state index contributed by atoms with van der Waals surface area (Å²) in [5, 5.41) is 0. The minimum atomic E-state index is -2.49. The van der Waals surface area contributed by atoms with E-state index in [1.807, 2.05) is 97.1 Å². The SMILES string of the molecule is C1CCOC1.CC(C)COc1ccc(N(c2ccc(Br)cc2)c2ccc(OCC(C)C)cc2)cc1.CC(C)COc1ccc(N(c2ccccc2)c2ccc(OCC(C)C)cc2)cc1.CCC[CH2][Sn]([CH2]CCC)([CH2]CCC)[c]1ccc(N(c2ccc(OCC(C)C)cc2)c2ccc(OCC(C)C)cc2)cc1.Cc1ccc(OCC(C)C)cc1.Nc1ccccc1.[B]=NS.[Cu][I]. The molecule has 12 rings (SSSR count). The first kappa shape index (κ1) is 112. The van der Waals surface area contributed by atoms with Gasteiger partial charge in [0.1, 0.15) is 28.7 Å². The third kappa shape index (κ3) is 44.6. The van der Waals surface area contributed by atoms with Crippen LogP contribution in [0, 0.1) is 48.3 Å². The van der Waals surface area contributed by atoms with Crippen molar-refractivity contribution in [2.24, 2.45) is 45.7 Å². The molecule has 0 saturated carbocycles. The average molecular weight is 2110 g/mol. The topological polar surface area (TPSA) is 122 Å². The number of para-hydroxylation sites is 2. The van der Waals surface area contributed by atoms with Crippen LogP contribution in [-0.2, 0) is 17.5 Å². The molecule has 0 amide bonds. The van der Waals surface area contributed by atoms with Gasteiger partial charge in [0.15, 0.2) is 0 Å². The molecular formula is C111H150BBrCuIN5O8SSn. The zero-order valence-electron chi connectivity index (χ0n) is 81.0. The fourth-order valence-electron chi connectivity index (χ4n) is 13.4. The molecule has 1 saturated heterocycles. The number of benzene rings is 11. The van der Waals surface area contributed by atoms with E-state index >= 15 is 0 Å². The Morgan fingerprint density at radius 2 is 0.546 bits per heavy atom. The molecule has 11 aromatic rings. The predicted molar refractivity (Wildman–Crippen MR) is 571 cm³/mol. The number of hydrogen-bond donors (Lipinski definition) is 2. The number of rotatable bonds is 40. The summed E-state index contributed by atoms with van der Waals surface area (Å²) in [7, 11) is 4.34. The number of aryl methyl sites for hydroxylation is 1. The van der Waals surface area contributed by atoms with E-state index in [0.29, 0.717) is 54.6 Å². The quantitative estimate of drug-likeness (QED) is 0.0165. The van der Waals surface area contributed by atoms with Crippen LogP contribution >= 0.6 is 49.1 Å². The van der Waals surface area contributed by atoms with Crippen molar-refractivity contribution >= 4 is 136 Å². The van der Waals surface area contributed by atoms with Crippen LogP contribution in [0.4, 0.5) is 56.9 Å². The van der Waals surface area contributed by atoms with E-state index in [-0.39, 0.29) is 0 Å². The van der Waals surface area contributed by atoms with Gasteiger partial charge in [-0.15, -0.1) is 0 Å². The molecule has 19 heteroatoms. The standard InChI is InChI=1S/C26H30BrNO2.C26H31NO2.C26H30NO2.C11H16O.C6H7N.C4H8O.3C4H9.BHNS.Cu.HI.Sn/c1-19(2)17-29-25-13-9-23(10-14-25)28(22-7-5-21(27)6-8-22)24-11-15-26(16-12-24)30-18-20(3)4;2*1-20(2)18-28-25-14-10-23(11-15-25)27(22-8-6-5-7-9-22)24-12-16-26(17-13-24)29-19-21(3)4;1-9(2)8-12-11-6-4-10(3)5-7-11;7-6-4-2-1-3-5-6;1-2-4-5-3-1;3*1-3-4-2;1-2-3;;;/h5-16,19-20H,17-18H2,1-4H3;5-17,20-21H,18-19H2,1-4H3;6-17,20-21H,18-19H2,1-4H3;4-7,9H,8H2,1-3H3;1-5H,7H2;1-4H2;3*1,3-4H2,2H3;3H;;1H;/q;;;;;;;;;;+1;;/p-1. The van der Waals surface area contributed by atoms with E-state index in [9.17, 15) is 0 Å². The second-order valence-electron chi connectivity index (χ2n) is 35.5. The summed E-state index contributed by atoms with van der Waals surface area (Å²) in [6.07, 6.45) is 10.6. The van der Waals surface area contributed by atoms with Gasteiger partial charge in [-0.25, -0.2) is 0 Å². The second kappa shape index (κ2) is 65.5. The molecule has 1 radical (unpaired) electrons. The second-order valence-corrected chi connectivity index (χ2v) is 49.9. The van der Waals surface area contributed by atoms with E-state index in [2.05, 4.69) is 375 Å². The first-order valence-corrected chi connectivity index (χ1v) is 58.4. The van der Waals surface area contributed by atoms with Crippen molar-refractivity contribution in [1.29, 1.82) is 0 Å². The molecule has 1 fully saturated rings. The number of unbranched alkanes of at least 4 members (excludes halogenated alkanes) is 3. The predicted octanol–water partition coefficient (Wildman–Crippen LogP) is 32.7. The molecule has 13 nitrogen and oxygen atoms in total. The van der Waals surface area contributed by atoms with E-state index in [1.54, 1.807) is 23.9 Å². The molecular weight excluding hydrogens is 1960 g/mol. The number of anilines is 10. The van der Waals surface area contributed by atoms with Crippen molar-refractivity contribution in [3.8, 4) is 40.2 Å². The summed E-state index contributed by atoms with van der Waals surface area (Å²) in [5.41, 5.74) is 17.4. The number of ether oxygens (including phenoxy) is 8. The van der Waals surface area contributed by atoms with Gasteiger partial charge in [-0.1, -0.05) is 167 Å². The Labute approximate surface area is 823 Å². The Morgan fingerprint density at radius 3 is 0.738 bits per heavy atom. The Kier molecular flexibility index (Phi) is 56.7. The van der Waals surface area contributed by atoms with Crippen molar-refractivity contribution in [1.82, 2.24) is 0 Å². The van der Waals surface area contributed by atoms with Crippen LogP contribution in [0.25, 0.3) is 0 Å². The Bertz CT molecular complexity index is 4490. The van der Waals surface area contributed by atoms with Gasteiger partial charge in [0.25, 0.3) is 0 Å². The van der Waals surface area contributed by atoms with Crippen molar-refractivity contribution in [2.75, 3.05) is 79.9 Å². The molecule has 0 atom stereocenters. The molecule has 130 heavy (non-hydrogen) atoms. The molecule has 705 valence electrons. The molecule has 0 aliphatic carbocycles. The maximum absolute atomic E-state index is 6.00. The molecule has 1 aliphatic heterocycles. The summed E-state index contributed by atoms with van der Waals surface area (Å²) in [4.78, 5) is 6.83. The summed E-state index contributed by atoms with van der Waals surface area (Å²) >= 11 is 10.1. The van der Waals surface area contributed by atoms with Gasteiger partial charge in [-0.2, -0.15) is 0 Å². The van der Waals surface area contributed by atoms with Crippen LogP contribution in [0.3, 0.4) is 0 Å². The van der Waals surface area contributed by atoms with Crippen molar-refractivity contribution < 1.29 is 50.7 Å². The number of thiol groups is 1. The van der Waals surface area contributed by atoms with Crippen LogP contribution in [0.1, 0.15) is 175 Å². The van der Waals surface area contributed by atoms with Crippen LogP contribution in [0.5, 0.6) is 40.2 Å². The van der Waals surface area contributed by atoms with E-state index in [1.165, 1.54) is 75.9 Å². The molecule has 2 N–H and O–H groups in total. The van der Waals surface area contributed by atoms with E-state index < -0.39 is 18.4 Å². The summed E-state index contributed by atoms with van der Waals surface area (Å²) < 4.78 is 55.8. The van der Waals surface area contributed by atoms with Crippen molar-refractivity contribution in [2.45, 2.75) is 189 Å². The normalized spacial score (nSPS) is 11.3. The van der Waals surface area contributed by atoms with Crippen LogP contribution < -0.4 is 57.2 Å². The minimum absolute atomic E-state index is 0.500. The van der Waals surface area contributed by atoms with E-state index in [0.717, 1.165) is 142 Å². The monoisotopic (exact) mass is 2110 g/mol. The first-order valence-electron chi connectivity index (χ1n) is 46.7. The van der Waals surface area contributed by atoms with Crippen LogP contribution in [-0.4, -0.2) is 85.5 Å². The Morgan fingerprint density at radius 1 is 0.346 bits per heavy atom.